The Bertz CT molecular complexity index is 773. The van der Waals surface area contributed by atoms with Crippen LogP contribution in [0.1, 0.15) is 68.9 Å². The van der Waals surface area contributed by atoms with Crippen molar-refractivity contribution < 1.29 is 8.42 Å². The Hall–Kier alpha value is -1.15. The van der Waals surface area contributed by atoms with E-state index in [9.17, 15) is 8.42 Å². The fraction of sp³-hybridized carbons (Fsp3) is 0.800. The maximum atomic E-state index is 11.8. The maximum Gasteiger partial charge on any atom is 0.168 e. The van der Waals surface area contributed by atoms with Crippen molar-refractivity contribution in [2.45, 2.75) is 72.4 Å². The largest absolute Gasteiger partial charge is 0.362 e. The lowest BCUT2D eigenvalue weighted by Crippen LogP contribution is -2.39. The summed E-state index contributed by atoms with van der Waals surface area (Å²) in [5, 5.41) is 8.83. The van der Waals surface area contributed by atoms with E-state index < -0.39 is 9.84 Å². The molecular weight excluding hydrogens is 392 g/mol. The van der Waals surface area contributed by atoms with E-state index in [1.165, 1.54) is 19.3 Å². The highest BCUT2D eigenvalue weighted by Crippen LogP contribution is 2.27. The van der Waals surface area contributed by atoms with Gasteiger partial charge in [0.25, 0.3) is 0 Å². The lowest BCUT2D eigenvalue weighted by atomic mass is 9.99. The van der Waals surface area contributed by atoms with Crippen LogP contribution in [0.5, 0.6) is 0 Å². The number of sulfone groups is 1. The Morgan fingerprint density at radius 2 is 2.11 bits per heavy atom. The van der Waals surface area contributed by atoms with Crippen LogP contribution in [0.25, 0.3) is 0 Å². The Morgan fingerprint density at radius 1 is 1.39 bits per heavy atom. The van der Waals surface area contributed by atoms with E-state index in [1.54, 1.807) is 0 Å². The first kappa shape index (κ1) is 23.1. The number of nitrogens with one attached hydrogen (secondary N) is 1. The molecule has 0 saturated carbocycles. The lowest BCUT2D eigenvalue weighted by molar-refractivity contribution is 0.426. The molecule has 1 aromatic rings. The van der Waals surface area contributed by atoms with Gasteiger partial charge in [-0.3, -0.25) is 4.68 Å². The molecule has 8 heteroatoms. The van der Waals surface area contributed by atoms with Crippen molar-refractivity contribution in [1.29, 1.82) is 0 Å². The van der Waals surface area contributed by atoms with Gasteiger partial charge in [-0.25, -0.2) is 8.42 Å². The smallest absolute Gasteiger partial charge is 0.168 e. The summed E-state index contributed by atoms with van der Waals surface area (Å²) in [5.74, 6) is 1.11. The summed E-state index contributed by atoms with van der Waals surface area (Å²) in [5.41, 5.74) is 3.13. The van der Waals surface area contributed by atoms with Crippen LogP contribution in [0.3, 0.4) is 0 Å². The zero-order chi connectivity index (χ0) is 20.9. The molecule has 1 saturated heterocycles. The standard InChI is InChI=1S/C20H36N4O2S2/c1-6-8-9-17(7-2)12-21-20(27)23(5)13-19-15(3)22-24(16(19)4)18-10-11-28(25,26)14-18/h17-18H,6-14H2,1-5H3,(H,21,27)/t17-,18+/m0/s1. The quantitative estimate of drug-likeness (QED) is 0.608. The molecule has 1 aliphatic heterocycles. The second kappa shape index (κ2) is 10.1. The summed E-state index contributed by atoms with van der Waals surface area (Å²) >= 11 is 5.59. The fourth-order valence-corrected chi connectivity index (χ4v) is 5.71. The first-order chi connectivity index (χ1) is 13.2. The summed E-state index contributed by atoms with van der Waals surface area (Å²) in [4.78, 5) is 2.05. The van der Waals surface area contributed by atoms with E-state index in [4.69, 9.17) is 12.2 Å². The van der Waals surface area contributed by atoms with Crippen molar-refractivity contribution in [3.63, 3.8) is 0 Å². The van der Waals surface area contributed by atoms with Crippen LogP contribution in [0.15, 0.2) is 0 Å². The van der Waals surface area contributed by atoms with Crippen molar-refractivity contribution in [3.8, 4) is 0 Å². The molecular formula is C20H36N4O2S2. The van der Waals surface area contributed by atoms with E-state index in [2.05, 4.69) is 29.2 Å². The SMILES string of the molecule is CCCC[C@H](CC)CNC(=S)N(C)Cc1c(C)nn([C@@H]2CCS(=O)(=O)C2)c1C. The second-order valence-corrected chi connectivity index (χ2v) is 10.7. The molecule has 2 atom stereocenters. The van der Waals surface area contributed by atoms with E-state index in [0.717, 1.165) is 35.0 Å². The number of rotatable bonds is 9. The number of nitrogens with zero attached hydrogens (tertiary/aromatic N) is 3. The normalized spacial score (nSPS) is 19.5. The number of aromatic nitrogens is 2. The van der Waals surface area contributed by atoms with Gasteiger partial charge in [-0.2, -0.15) is 5.10 Å². The molecule has 1 fully saturated rings. The zero-order valence-electron chi connectivity index (χ0n) is 18.0. The first-order valence-electron chi connectivity index (χ1n) is 10.4. The second-order valence-electron chi connectivity index (χ2n) is 8.11. The Labute approximate surface area is 176 Å². The highest BCUT2D eigenvalue weighted by atomic mass is 32.2. The van der Waals surface area contributed by atoms with Gasteiger partial charge in [-0.15, -0.1) is 0 Å². The van der Waals surface area contributed by atoms with Gasteiger partial charge in [-0.1, -0.05) is 33.1 Å². The van der Waals surface area contributed by atoms with Crippen LogP contribution >= 0.6 is 12.2 Å². The monoisotopic (exact) mass is 428 g/mol. The van der Waals surface area contributed by atoms with Crippen LogP contribution in [0.4, 0.5) is 0 Å². The molecule has 0 aromatic carbocycles. The lowest BCUT2D eigenvalue weighted by Gasteiger charge is -2.24. The average molecular weight is 429 g/mol. The van der Waals surface area contributed by atoms with Crippen molar-refractivity contribution in [2.24, 2.45) is 5.92 Å². The van der Waals surface area contributed by atoms with Crippen molar-refractivity contribution in [1.82, 2.24) is 20.0 Å². The molecule has 6 nitrogen and oxygen atoms in total. The molecule has 0 amide bonds. The molecule has 2 heterocycles. The molecule has 2 rings (SSSR count). The Balaban J connectivity index is 1.98. The van der Waals surface area contributed by atoms with Crippen molar-refractivity contribution in [2.75, 3.05) is 25.1 Å². The number of thiocarbonyl (C=S) groups is 1. The van der Waals surface area contributed by atoms with E-state index >= 15 is 0 Å². The molecule has 0 bridgehead atoms. The van der Waals surface area contributed by atoms with E-state index in [0.29, 0.717) is 18.9 Å². The highest BCUT2D eigenvalue weighted by molar-refractivity contribution is 7.91. The third kappa shape index (κ3) is 5.92. The molecule has 1 aliphatic rings. The minimum absolute atomic E-state index is 0.0447. The Kier molecular flexibility index (Phi) is 8.30. The minimum Gasteiger partial charge on any atom is -0.362 e. The third-order valence-corrected chi connectivity index (χ3v) is 8.06. The summed E-state index contributed by atoms with van der Waals surface area (Å²) < 4.78 is 25.6. The van der Waals surface area contributed by atoms with Crippen LogP contribution in [-0.2, 0) is 16.4 Å². The van der Waals surface area contributed by atoms with Crippen molar-refractivity contribution in [3.05, 3.63) is 17.0 Å². The van der Waals surface area contributed by atoms with E-state index in [-0.39, 0.29) is 17.5 Å². The topological polar surface area (TPSA) is 67.2 Å². The van der Waals surface area contributed by atoms with Gasteiger partial charge in [-0.05, 0) is 44.8 Å². The van der Waals surface area contributed by atoms with Gasteiger partial charge in [0, 0.05) is 31.4 Å². The predicted octanol–water partition coefficient (Wildman–Crippen LogP) is 3.38. The van der Waals surface area contributed by atoms with Crippen LogP contribution < -0.4 is 5.32 Å². The summed E-state index contributed by atoms with van der Waals surface area (Å²) in [6, 6.07) is -0.0447. The number of hydrogen-bond acceptors (Lipinski definition) is 4. The molecule has 0 unspecified atom stereocenters. The molecule has 0 radical (unpaired) electrons. The van der Waals surface area contributed by atoms with Gasteiger partial charge < -0.3 is 10.2 Å². The zero-order valence-corrected chi connectivity index (χ0v) is 19.6. The molecule has 28 heavy (non-hydrogen) atoms. The van der Waals surface area contributed by atoms with Gasteiger partial charge >= 0.3 is 0 Å². The summed E-state index contributed by atoms with van der Waals surface area (Å²) in [6.07, 6.45) is 5.54. The highest BCUT2D eigenvalue weighted by Gasteiger charge is 2.31. The average Bonchev–Trinajstić information content (AvgIpc) is 3.14. The van der Waals surface area contributed by atoms with E-state index in [1.807, 2.05) is 25.6 Å². The van der Waals surface area contributed by atoms with Crippen molar-refractivity contribution >= 4 is 27.2 Å². The van der Waals surface area contributed by atoms with Crippen LogP contribution in [0.2, 0.25) is 0 Å². The number of unbranched alkanes of at least 4 members (excludes halogenated alkanes) is 1. The molecule has 160 valence electrons. The van der Waals surface area contributed by atoms with Crippen LogP contribution in [-0.4, -0.2) is 53.3 Å². The molecule has 1 aromatic heterocycles. The third-order valence-electron chi connectivity index (χ3n) is 5.86. The number of aryl methyl sites for hydroxylation is 1. The Morgan fingerprint density at radius 3 is 2.68 bits per heavy atom. The molecule has 1 N–H and O–H groups in total. The fourth-order valence-electron chi connectivity index (χ4n) is 3.87. The molecule has 0 spiro atoms. The molecule has 0 aliphatic carbocycles. The number of hydrogen-bond donors (Lipinski definition) is 1. The van der Waals surface area contributed by atoms with Gasteiger partial charge in [0.05, 0.1) is 23.2 Å². The maximum absolute atomic E-state index is 11.8. The summed E-state index contributed by atoms with van der Waals surface area (Å²) in [7, 11) is -0.929. The summed E-state index contributed by atoms with van der Waals surface area (Å²) in [6.45, 7) is 10.1. The van der Waals surface area contributed by atoms with Gasteiger partial charge in [0.2, 0.25) is 0 Å². The van der Waals surface area contributed by atoms with Crippen LogP contribution in [0, 0.1) is 19.8 Å². The first-order valence-corrected chi connectivity index (χ1v) is 12.6. The predicted molar refractivity (Wildman–Crippen MR) is 119 cm³/mol. The van der Waals surface area contributed by atoms with Gasteiger partial charge in [0.1, 0.15) is 0 Å². The van der Waals surface area contributed by atoms with Gasteiger partial charge in [0.15, 0.2) is 14.9 Å². The minimum atomic E-state index is -2.93.